The average molecular weight is 567 g/mol. The molecule has 0 saturated heterocycles. The summed E-state index contributed by atoms with van der Waals surface area (Å²) >= 11 is 0. The van der Waals surface area contributed by atoms with Gasteiger partial charge in [-0.1, -0.05) is 83.1 Å². The van der Waals surface area contributed by atoms with Crippen molar-refractivity contribution in [1.29, 1.82) is 0 Å². The lowest BCUT2D eigenvalue weighted by Crippen LogP contribution is -2.36. The number of rotatable bonds is 5. The quantitative estimate of drug-likeness (QED) is 0.254. The Morgan fingerprint density at radius 2 is 0.951 bits per heavy atom. The van der Waals surface area contributed by atoms with E-state index in [0.717, 1.165) is 25.7 Å². The van der Waals surface area contributed by atoms with Gasteiger partial charge in [-0.05, 0) is 65.4 Å². The van der Waals surface area contributed by atoms with Crippen molar-refractivity contribution in [3.63, 3.8) is 0 Å². The Labute approximate surface area is 246 Å². The monoisotopic (exact) mass is 566 g/mol. The third-order valence-corrected chi connectivity index (χ3v) is 8.08. The first-order chi connectivity index (χ1) is 18.5. The molecule has 0 radical (unpaired) electrons. The summed E-state index contributed by atoms with van der Waals surface area (Å²) in [4.78, 5) is 52.2. The van der Waals surface area contributed by atoms with E-state index in [2.05, 4.69) is 0 Å². The standard InChI is InChI=1S/C35H50O6/c1-32(2,3)22-17-24(26(34(7,8)9)30(38)28(22)36)40-19-20-13-15-21(16-14-20)41-25-18-23(33(4,5)6)29(37)31(39)27(25)35(10,11)12/h17-18,20-21H,13-16,19H2,1-12H3. The second kappa shape index (κ2) is 11.1. The molecule has 0 aromatic heterocycles. The van der Waals surface area contributed by atoms with Crippen LogP contribution in [0.25, 0.3) is 0 Å². The molecular formula is C35H50O6. The van der Waals surface area contributed by atoms with Crippen LogP contribution in [0.5, 0.6) is 0 Å². The zero-order valence-electron chi connectivity index (χ0n) is 27.3. The Hall–Kier alpha value is -2.76. The van der Waals surface area contributed by atoms with E-state index in [9.17, 15) is 19.2 Å². The van der Waals surface area contributed by atoms with Crippen molar-refractivity contribution in [3.05, 3.63) is 46.0 Å². The van der Waals surface area contributed by atoms with Crippen molar-refractivity contribution in [2.24, 2.45) is 27.6 Å². The van der Waals surface area contributed by atoms with E-state index in [1.165, 1.54) is 0 Å². The lowest BCUT2D eigenvalue weighted by molar-refractivity contribution is -0.133. The molecule has 0 aromatic carbocycles. The summed E-state index contributed by atoms with van der Waals surface area (Å²) in [5.41, 5.74) is -0.131. The smallest absolute Gasteiger partial charge is 0.233 e. The second-order valence-corrected chi connectivity index (χ2v) is 16.0. The normalized spacial score (nSPS) is 23.6. The molecule has 1 saturated carbocycles. The predicted octanol–water partition coefficient (Wildman–Crippen LogP) is 7.43. The van der Waals surface area contributed by atoms with Crippen molar-refractivity contribution < 1.29 is 28.7 Å². The molecule has 0 aromatic rings. The van der Waals surface area contributed by atoms with Gasteiger partial charge < -0.3 is 9.47 Å². The number of allylic oxidation sites excluding steroid dienone is 6. The van der Waals surface area contributed by atoms with Crippen molar-refractivity contribution >= 4 is 23.1 Å². The van der Waals surface area contributed by atoms with E-state index in [0.29, 0.717) is 40.4 Å². The highest BCUT2D eigenvalue weighted by Crippen LogP contribution is 2.41. The molecule has 0 amide bonds. The number of hydrogen-bond acceptors (Lipinski definition) is 6. The Morgan fingerprint density at radius 1 is 0.561 bits per heavy atom. The molecule has 0 spiro atoms. The van der Waals surface area contributed by atoms with Gasteiger partial charge in [-0.25, -0.2) is 0 Å². The first-order valence-electron chi connectivity index (χ1n) is 14.9. The second-order valence-electron chi connectivity index (χ2n) is 16.0. The SMILES string of the molecule is CC(C)(C)C1=CC(OCC2CCC(OC3=C(C(C)(C)C)C(=O)C(=O)C(C(C)(C)C)=C3)CC2)=C(C(C)(C)C)C(=O)C1=O. The van der Waals surface area contributed by atoms with Gasteiger partial charge in [-0.15, -0.1) is 0 Å². The average Bonchev–Trinajstić information content (AvgIpc) is 2.79. The van der Waals surface area contributed by atoms with Crippen molar-refractivity contribution in [2.45, 2.75) is 115 Å². The fourth-order valence-corrected chi connectivity index (χ4v) is 5.78. The molecule has 3 aliphatic rings. The highest BCUT2D eigenvalue weighted by atomic mass is 16.5. The molecule has 226 valence electrons. The van der Waals surface area contributed by atoms with Crippen LogP contribution < -0.4 is 0 Å². The van der Waals surface area contributed by atoms with Crippen LogP contribution in [0.1, 0.15) is 109 Å². The van der Waals surface area contributed by atoms with Crippen LogP contribution in [0, 0.1) is 27.6 Å². The Bertz CT molecular complexity index is 1250. The minimum absolute atomic E-state index is 0.0670. The first-order valence-corrected chi connectivity index (χ1v) is 14.9. The zero-order chi connectivity index (χ0) is 31.3. The molecule has 0 heterocycles. The molecule has 1 fully saturated rings. The molecule has 6 heteroatoms. The first kappa shape index (κ1) is 32.8. The highest BCUT2D eigenvalue weighted by Gasteiger charge is 2.42. The van der Waals surface area contributed by atoms with E-state index in [-0.39, 0.29) is 12.0 Å². The van der Waals surface area contributed by atoms with Crippen LogP contribution in [-0.4, -0.2) is 35.8 Å². The van der Waals surface area contributed by atoms with Crippen LogP contribution in [0.15, 0.2) is 46.0 Å². The summed E-state index contributed by atoms with van der Waals surface area (Å²) in [5, 5.41) is 0. The summed E-state index contributed by atoms with van der Waals surface area (Å²) in [6.45, 7) is 23.6. The van der Waals surface area contributed by atoms with Gasteiger partial charge in [0.25, 0.3) is 0 Å². The zero-order valence-corrected chi connectivity index (χ0v) is 27.3. The van der Waals surface area contributed by atoms with Gasteiger partial charge in [0.15, 0.2) is 0 Å². The van der Waals surface area contributed by atoms with Gasteiger partial charge in [0.1, 0.15) is 11.5 Å². The van der Waals surface area contributed by atoms with Crippen LogP contribution >= 0.6 is 0 Å². The van der Waals surface area contributed by atoms with Gasteiger partial charge in [0.2, 0.25) is 23.1 Å². The van der Waals surface area contributed by atoms with E-state index in [1.807, 2.05) is 83.1 Å². The topological polar surface area (TPSA) is 86.7 Å². The van der Waals surface area contributed by atoms with Crippen LogP contribution in [0.3, 0.4) is 0 Å². The fourth-order valence-electron chi connectivity index (χ4n) is 5.78. The van der Waals surface area contributed by atoms with Crippen LogP contribution in [0.2, 0.25) is 0 Å². The van der Waals surface area contributed by atoms with Crippen molar-refractivity contribution in [1.82, 2.24) is 0 Å². The number of hydrogen-bond donors (Lipinski definition) is 0. The Kier molecular flexibility index (Phi) is 8.90. The number of carbonyl (C=O) groups is 4. The Morgan fingerprint density at radius 3 is 1.34 bits per heavy atom. The van der Waals surface area contributed by atoms with Crippen LogP contribution in [0.4, 0.5) is 0 Å². The molecule has 0 atom stereocenters. The lowest BCUT2D eigenvalue weighted by atomic mass is 9.73. The van der Waals surface area contributed by atoms with Crippen molar-refractivity contribution in [2.75, 3.05) is 6.61 Å². The van der Waals surface area contributed by atoms with E-state index >= 15 is 0 Å². The van der Waals surface area contributed by atoms with Gasteiger partial charge in [0, 0.05) is 11.1 Å². The summed E-state index contributed by atoms with van der Waals surface area (Å²) in [5.74, 6) is -0.507. The molecule has 3 rings (SSSR count). The van der Waals surface area contributed by atoms with E-state index in [4.69, 9.17) is 9.47 Å². The molecule has 41 heavy (non-hydrogen) atoms. The molecule has 3 aliphatic carbocycles. The highest BCUT2D eigenvalue weighted by molar-refractivity contribution is 6.51. The molecule has 0 unspecified atom stereocenters. The number of ether oxygens (including phenoxy) is 2. The number of carbonyl (C=O) groups excluding carboxylic acids is 4. The molecule has 0 bridgehead atoms. The van der Waals surface area contributed by atoms with E-state index < -0.39 is 44.8 Å². The molecule has 0 N–H and O–H groups in total. The minimum atomic E-state index is -0.524. The lowest BCUT2D eigenvalue weighted by Gasteiger charge is -2.35. The maximum absolute atomic E-state index is 13.2. The summed E-state index contributed by atoms with van der Waals surface area (Å²) in [6, 6.07) is 0. The van der Waals surface area contributed by atoms with Gasteiger partial charge in [-0.2, -0.15) is 0 Å². The van der Waals surface area contributed by atoms with E-state index in [1.54, 1.807) is 12.2 Å². The third-order valence-electron chi connectivity index (χ3n) is 8.08. The Balaban J connectivity index is 1.77. The summed E-state index contributed by atoms with van der Waals surface area (Å²) in [7, 11) is 0. The molecular weight excluding hydrogens is 516 g/mol. The summed E-state index contributed by atoms with van der Waals surface area (Å²) < 4.78 is 12.8. The third kappa shape index (κ3) is 7.18. The maximum Gasteiger partial charge on any atom is 0.233 e. The minimum Gasteiger partial charge on any atom is -0.493 e. The van der Waals surface area contributed by atoms with Gasteiger partial charge >= 0.3 is 0 Å². The maximum atomic E-state index is 13.2. The predicted molar refractivity (Wildman–Crippen MR) is 161 cm³/mol. The number of Topliss-reactive ketones (excluding diaryl/α,β-unsaturated/α-hetero) is 4. The molecule has 6 nitrogen and oxygen atoms in total. The molecule has 0 aliphatic heterocycles. The largest absolute Gasteiger partial charge is 0.493 e. The fraction of sp³-hybridized carbons (Fsp3) is 0.657. The van der Waals surface area contributed by atoms with Gasteiger partial charge in [0.05, 0.1) is 23.9 Å². The van der Waals surface area contributed by atoms with Crippen molar-refractivity contribution in [3.8, 4) is 0 Å². The van der Waals surface area contributed by atoms with Gasteiger partial charge in [-0.3, -0.25) is 19.2 Å². The summed E-state index contributed by atoms with van der Waals surface area (Å²) in [6.07, 6.45) is 6.82. The number of ketones is 4. The van der Waals surface area contributed by atoms with Crippen LogP contribution in [-0.2, 0) is 28.7 Å².